The Balaban J connectivity index is 2.33. The molecule has 0 unspecified atom stereocenters. The molecule has 1 aliphatic rings. The van der Waals surface area contributed by atoms with E-state index in [0.717, 1.165) is 23.4 Å². The Morgan fingerprint density at radius 1 is 1.42 bits per heavy atom. The molecule has 1 aliphatic heterocycles. The first-order valence-corrected chi connectivity index (χ1v) is 8.82. The zero-order chi connectivity index (χ0) is 13.9. The molecule has 1 aromatic rings. The number of thiophene rings is 1. The van der Waals surface area contributed by atoms with Gasteiger partial charge in [-0.15, -0.1) is 11.3 Å². The third-order valence-electron chi connectivity index (χ3n) is 3.14. The second kappa shape index (κ2) is 6.17. The first-order valence-electron chi connectivity index (χ1n) is 6.50. The largest absolute Gasteiger partial charge is 0.312 e. The Hall–Kier alpha value is -0.690. The standard InChI is InChI=1S/C13H20N2O2S2/c1-3-14-9-12-13(11(2)10-18-12)19(16,17)15-7-5-4-6-8-15/h4-5,10,14H,3,6-9H2,1-2H3. The predicted octanol–water partition coefficient (Wildman–Crippen LogP) is 2.12. The normalized spacial score (nSPS) is 16.9. The maximum atomic E-state index is 12.7. The summed E-state index contributed by atoms with van der Waals surface area (Å²) in [4.78, 5) is 1.42. The highest BCUT2D eigenvalue weighted by atomic mass is 32.2. The maximum Gasteiger partial charge on any atom is 0.244 e. The van der Waals surface area contributed by atoms with Crippen LogP contribution >= 0.6 is 11.3 Å². The average Bonchev–Trinajstić information content (AvgIpc) is 2.79. The molecule has 1 N–H and O–H groups in total. The van der Waals surface area contributed by atoms with Gasteiger partial charge in [-0.3, -0.25) is 0 Å². The lowest BCUT2D eigenvalue weighted by molar-refractivity contribution is 0.436. The summed E-state index contributed by atoms with van der Waals surface area (Å²) in [7, 11) is -3.36. The summed E-state index contributed by atoms with van der Waals surface area (Å²) in [5.41, 5.74) is 0.854. The molecule has 0 radical (unpaired) electrons. The Kier molecular flexibility index (Phi) is 4.78. The first kappa shape index (κ1) is 14.7. The number of nitrogens with one attached hydrogen (secondary N) is 1. The molecule has 0 saturated carbocycles. The lowest BCUT2D eigenvalue weighted by Crippen LogP contribution is -2.34. The van der Waals surface area contributed by atoms with Crippen LogP contribution in [0, 0.1) is 6.92 Å². The van der Waals surface area contributed by atoms with E-state index in [1.807, 2.05) is 31.4 Å². The molecule has 0 spiro atoms. The Morgan fingerprint density at radius 3 is 2.84 bits per heavy atom. The molecule has 0 aliphatic carbocycles. The van der Waals surface area contributed by atoms with Crippen LogP contribution in [0.4, 0.5) is 0 Å². The van der Waals surface area contributed by atoms with E-state index >= 15 is 0 Å². The summed E-state index contributed by atoms with van der Waals surface area (Å²) in [6, 6.07) is 0. The van der Waals surface area contributed by atoms with Gasteiger partial charge in [0, 0.05) is 24.5 Å². The summed E-state index contributed by atoms with van der Waals surface area (Å²) in [5, 5.41) is 5.14. The van der Waals surface area contributed by atoms with Crippen molar-refractivity contribution in [1.29, 1.82) is 0 Å². The molecule has 1 aromatic heterocycles. The molecular formula is C13H20N2O2S2. The van der Waals surface area contributed by atoms with Gasteiger partial charge in [-0.05, 0) is 30.8 Å². The van der Waals surface area contributed by atoms with E-state index in [-0.39, 0.29) is 0 Å². The third kappa shape index (κ3) is 3.08. The molecule has 4 nitrogen and oxygen atoms in total. The molecule has 106 valence electrons. The fourth-order valence-electron chi connectivity index (χ4n) is 2.16. The Morgan fingerprint density at radius 2 is 2.21 bits per heavy atom. The molecule has 0 fully saturated rings. The average molecular weight is 300 g/mol. The van der Waals surface area contributed by atoms with Gasteiger partial charge in [-0.2, -0.15) is 4.31 Å². The first-order chi connectivity index (χ1) is 9.07. The quantitative estimate of drug-likeness (QED) is 0.847. The Bertz CT molecular complexity index is 561. The van der Waals surface area contributed by atoms with Crippen LogP contribution < -0.4 is 5.32 Å². The highest BCUT2D eigenvalue weighted by Gasteiger charge is 2.29. The minimum absolute atomic E-state index is 0.484. The number of rotatable bonds is 5. The third-order valence-corrected chi connectivity index (χ3v) is 6.47. The van der Waals surface area contributed by atoms with Gasteiger partial charge in [-0.1, -0.05) is 19.1 Å². The molecule has 2 heterocycles. The fraction of sp³-hybridized carbons (Fsp3) is 0.538. The van der Waals surface area contributed by atoms with Crippen molar-refractivity contribution in [3.8, 4) is 0 Å². The highest BCUT2D eigenvalue weighted by molar-refractivity contribution is 7.89. The van der Waals surface area contributed by atoms with Crippen molar-refractivity contribution < 1.29 is 8.42 Å². The Labute approximate surface area is 119 Å². The number of hydrogen-bond acceptors (Lipinski definition) is 4. The zero-order valence-electron chi connectivity index (χ0n) is 11.3. The van der Waals surface area contributed by atoms with Crippen molar-refractivity contribution in [2.45, 2.75) is 31.7 Å². The maximum absolute atomic E-state index is 12.7. The fourth-order valence-corrected chi connectivity index (χ4v) is 5.30. The van der Waals surface area contributed by atoms with Gasteiger partial charge >= 0.3 is 0 Å². The van der Waals surface area contributed by atoms with E-state index in [1.54, 1.807) is 4.31 Å². The number of hydrogen-bond donors (Lipinski definition) is 1. The molecule has 2 rings (SSSR count). The zero-order valence-corrected chi connectivity index (χ0v) is 13.0. The monoisotopic (exact) mass is 300 g/mol. The molecule has 6 heteroatoms. The van der Waals surface area contributed by atoms with E-state index in [0.29, 0.717) is 24.5 Å². The van der Waals surface area contributed by atoms with Crippen LogP contribution in [0.15, 0.2) is 22.4 Å². The summed E-state index contributed by atoms with van der Waals surface area (Å²) in [6.07, 6.45) is 4.75. The molecule has 0 aromatic carbocycles. The molecule has 19 heavy (non-hydrogen) atoms. The minimum Gasteiger partial charge on any atom is -0.312 e. The van der Waals surface area contributed by atoms with E-state index in [2.05, 4.69) is 5.32 Å². The summed E-state index contributed by atoms with van der Waals surface area (Å²) < 4.78 is 27.0. The van der Waals surface area contributed by atoms with Crippen LogP contribution in [0.2, 0.25) is 0 Å². The van der Waals surface area contributed by atoms with Crippen LogP contribution in [0.25, 0.3) is 0 Å². The van der Waals surface area contributed by atoms with Gasteiger partial charge in [-0.25, -0.2) is 8.42 Å². The topological polar surface area (TPSA) is 49.4 Å². The van der Waals surface area contributed by atoms with Gasteiger partial charge in [0.2, 0.25) is 10.0 Å². The van der Waals surface area contributed by atoms with Crippen molar-refractivity contribution in [3.63, 3.8) is 0 Å². The van der Waals surface area contributed by atoms with Crippen LogP contribution in [0.1, 0.15) is 23.8 Å². The second-order valence-electron chi connectivity index (χ2n) is 4.57. The number of nitrogens with zero attached hydrogens (tertiary/aromatic N) is 1. The van der Waals surface area contributed by atoms with E-state index < -0.39 is 10.0 Å². The van der Waals surface area contributed by atoms with Crippen molar-refractivity contribution in [2.75, 3.05) is 19.6 Å². The van der Waals surface area contributed by atoms with E-state index in [1.165, 1.54) is 11.3 Å². The van der Waals surface area contributed by atoms with Crippen LogP contribution in [0.5, 0.6) is 0 Å². The van der Waals surface area contributed by atoms with Gasteiger partial charge in [0.05, 0.1) is 0 Å². The van der Waals surface area contributed by atoms with Crippen molar-refractivity contribution in [3.05, 3.63) is 28.0 Å². The lowest BCUT2D eigenvalue weighted by Gasteiger charge is -2.23. The van der Waals surface area contributed by atoms with Crippen molar-refractivity contribution in [1.82, 2.24) is 9.62 Å². The smallest absolute Gasteiger partial charge is 0.244 e. The lowest BCUT2D eigenvalue weighted by atomic mass is 10.3. The number of sulfonamides is 1. The number of aryl methyl sites for hydroxylation is 1. The molecule has 0 bridgehead atoms. The minimum atomic E-state index is -3.36. The van der Waals surface area contributed by atoms with Gasteiger partial charge in [0.25, 0.3) is 0 Å². The molecule has 0 atom stereocenters. The highest BCUT2D eigenvalue weighted by Crippen LogP contribution is 2.30. The SMILES string of the molecule is CCNCc1scc(C)c1S(=O)(=O)N1CC=CCC1. The van der Waals surface area contributed by atoms with E-state index in [4.69, 9.17) is 0 Å². The second-order valence-corrected chi connectivity index (χ2v) is 7.41. The summed E-state index contributed by atoms with van der Waals surface area (Å²) in [6.45, 7) is 6.41. The summed E-state index contributed by atoms with van der Waals surface area (Å²) in [5.74, 6) is 0. The summed E-state index contributed by atoms with van der Waals surface area (Å²) >= 11 is 1.52. The van der Waals surface area contributed by atoms with Gasteiger partial charge < -0.3 is 5.32 Å². The molecule has 0 saturated heterocycles. The van der Waals surface area contributed by atoms with Gasteiger partial charge in [0.15, 0.2) is 0 Å². The van der Waals surface area contributed by atoms with Crippen LogP contribution in [-0.2, 0) is 16.6 Å². The van der Waals surface area contributed by atoms with Crippen molar-refractivity contribution >= 4 is 21.4 Å². The molecular weight excluding hydrogens is 280 g/mol. The molecule has 0 amide bonds. The van der Waals surface area contributed by atoms with Crippen LogP contribution in [0.3, 0.4) is 0 Å². The van der Waals surface area contributed by atoms with E-state index in [9.17, 15) is 8.42 Å². The van der Waals surface area contributed by atoms with Crippen molar-refractivity contribution in [2.24, 2.45) is 0 Å². The predicted molar refractivity (Wildman–Crippen MR) is 79.0 cm³/mol. The van der Waals surface area contributed by atoms with Gasteiger partial charge in [0.1, 0.15) is 4.90 Å². The van der Waals surface area contributed by atoms with Crippen LogP contribution in [-0.4, -0.2) is 32.4 Å².